The van der Waals surface area contributed by atoms with Gasteiger partial charge in [0.25, 0.3) is 0 Å². The molecule has 0 amide bonds. The Balaban J connectivity index is 1.51. The van der Waals surface area contributed by atoms with E-state index in [1.54, 1.807) is 18.2 Å². The molecule has 7 heteroatoms. The van der Waals surface area contributed by atoms with Crippen LogP contribution in [0.5, 0.6) is 0 Å². The number of nitrogens with zero attached hydrogens (tertiary/aromatic N) is 2. The quantitative estimate of drug-likeness (QED) is 0.466. The fraction of sp³-hybridized carbons (Fsp3) is 0.556. The minimum absolute atomic E-state index is 0.0800. The number of ether oxygens (including phenoxy) is 2. The molecule has 2 saturated heterocycles. The average molecular weight is 348 g/mol. The highest BCUT2D eigenvalue weighted by Crippen LogP contribution is 2.21. The third-order valence-electron chi connectivity index (χ3n) is 4.89. The SMILES string of the molecule is N=C(COC1CCN(C2CCOCC2)C1)C(=NN)c1ccccc1F. The lowest BCUT2D eigenvalue weighted by molar-refractivity contribution is 0.0315. The van der Waals surface area contributed by atoms with Crippen LogP contribution in [-0.2, 0) is 9.47 Å². The van der Waals surface area contributed by atoms with E-state index in [2.05, 4.69) is 10.0 Å². The van der Waals surface area contributed by atoms with Crippen LogP contribution in [0.4, 0.5) is 4.39 Å². The molecule has 1 aromatic carbocycles. The van der Waals surface area contributed by atoms with Gasteiger partial charge in [-0.15, -0.1) is 0 Å². The van der Waals surface area contributed by atoms with Gasteiger partial charge >= 0.3 is 0 Å². The lowest BCUT2D eigenvalue weighted by atomic mass is 10.1. The van der Waals surface area contributed by atoms with Crippen LogP contribution in [0.15, 0.2) is 29.4 Å². The van der Waals surface area contributed by atoms with Crippen molar-refractivity contribution in [1.82, 2.24) is 4.90 Å². The zero-order valence-corrected chi connectivity index (χ0v) is 14.3. The van der Waals surface area contributed by atoms with Crippen LogP contribution in [0, 0.1) is 11.2 Å². The van der Waals surface area contributed by atoms with Gasteiger partial charge in [-0.25, -0.2) is 4.39 Å². The molecular formula is C18H25FN4O2. The lowest BCUT2D eigenvalue weighted by Gasteiger charge is -2.30. The first kappa shape index (κ1) is 18.0. The van der Waals surface area contributed by atoms with Gasteiger partial charge in [-0.3, -0.25) is 4.90 Å². The van der Waals surface area contributed by atoms with Gasteiger partial charge in [-0.2, -0.15) is 5.10 Å². The fourth-order valence-corrected chi connectivity index (χ4v) is 3.50. The number of hydrogen-bond donors (Lipinski definition) is 2. The topological polar surface area (TPSA) is 83.9 Å². The van der Waals surface area contributed by atoms with Crippen LogP contribution in [-0.4, -0.2) is 61.4 Å². The first-order valence-corrected chi connectivity index (χ1v) is 8.73. The van der Waals surface area contributed by atoms with Gasteiger partial charge in [0, 0.05) is 37.9 Å². The van der Waals surface area contributed by atoms with Crippen LogP contribution in [0.1, 0.15) is 24.8 Å². The predicted molar refractivity (Wildman–Crippen MR) is 94.6 cm³/mol. The van der Waals surface area contributed by atoms with E-state index in [9.17, 15) is 4.39 Å². The number of nitrogens with one attached hydrogen (secondary N) is 1. The van der Waals surface area contributed by atoms with Crippen LogP contribution < -0.4 is 5.84 Å². The van der Waals surface area contributed by atoms with Gasteiger partial charge in [0.15, 0.2) is 0 Å². The highest BCUT2D eigenvalue weighted by Gasteiger charge is 2.30. The van der Waals surface area contributed by atoms with Gasteiger partial charge in [0.05, 0.1) is 18.4 Å². The summed E-state index contributed by atoms with van der Waals surface area (Å²) in [5.41, 5.74) is 0.461. The summed E-state index contributed by atoms with van der Waals surface area (Å²) in [5, 5.41) is 11.8. The summed E-state index contributed by atoms with van der Waals surface area (Å²) < 4.78 is 25.2. The second kappa shape index (κ2) is 8.51. The number of benzene rings is 1. The minimum Gasteiger partial charge on any atom is -0.381 e. The lowest BCUT2D eigenvalue weighted by Crippen LogP contribution is -2.38. The van der Waals surface area contributed by atoms with Crippen molar-refractivity contribution in [3.8, 4) is 0 Å². The van der Waals surface area contributed by atoms with Gasteiger partial charge in [0.1, 0.15) is 11.5 Å². The largest absolute Gasteiger partial charge is 0.381 e. The molecule has 1 atom stereocenters. The molecule has 6 nitrogen and oxygen atoms in total. The Morgan fingerprint density at radius 3 is 2.80 bits per heavy atom. The molecule has 2 heterocycles. The van der Waals surface area contributed by atoms with Crippen molar-refractivity contribution in [2.24, 2.45) is 10.9 Å². The Morgan fingerprint density at radius 1 is 1.32 bits per heavy atom. The number of rotatable bonds is 6. The summed E-state index contributed by atoms with van der Waals surface area (Å²) in [6.45, 7) is 3.61. The molecule has 0 saturated carbocycles. The first-order chi connectivity index (χ1) is 12.2. The third kappa shape index (κ3) is 4.42. The summed E-state index contributed by atoms with van der Waals surface area (Å²) in [4.78, 5) is 2.45. The van der Waals surface area contributed by atoms with Gasteiger partial charge in [-0.05, 0) is 31.4 Å². The Labute approximate surface area is 147 Å². The molecule has 3 N–H and O–H groups in total. The van der Waals surface area contributed by atoms with Crippen molar-refractivity contribution < 1.29 is 13.9 Å². The smallest absolute Gasteiger partial charge is 0.132 e. The van der Waals surface area contributed by atoms with Crippen molar-refractivity contribution in [2.75, 3.05) is 32.9 Å². The third-order valence-corrected chi connectivity index (χ3v) is 4.89. The fourth-order valence-electron chi connectivity index (χ4n) is 3.50. The number of nitrogens with two attached hydrogens (primary N) is 1. The summed E-state index contributed by atoms with van der Waals surface area (Å²) >= 11 is 0. The Morgan fingerprint density at radius 2 is 2.08 bits per heavy atom. The number of likely N-dealkylation sites (tertiary alicyclic amines) is 1. The van der Waals surface area contributed by atoms with Crippen molar-refractivity contribution in [3.63, 3.8) is 0 Å². The Hall–Kier alpha value is -1.83. The molecule has 136 valence electrons. The molecule has 0 aliphatic carbocycles. The zero-order valence-electron chi connectivity index (χ0n) is 14.3. The normalized spacial score (nSPS) is 23.1. The monoisotopic (exact) mass is 348 g/mol. The molecule has 1 aromatic rings. The molecule has 1 unspecified atom stereocenters. The molecule has 0 spiro atoms. The first-order valence-electron chi connectivity index (χ1n) is 8.73. The maximum Gasteiger partial charge on any atom is 0.132 e. The van der Waals surface area contributed by atoms with E-state index in [1.807, 2.05) is 0 Å². The van der Waals surface area contributed by atoms with E-state index >= 15 is 0 Å². The van der Waals surface area contributed by atoms with E-state index in [4.69, 9.17) is 20.7 Å². The van der Waals surface area contributed by atoms with Gasteiger partial charge < -0.3 is 20.7 Å². The van der Waals surface area contributed by atoms with E-state index in [0.717, 1.165) is 45.6 Å². The van der Waals surface area contributed by atoms with Gasteiger partial charge in [-0.1, -0.05) is 12.1 Å². The molecule has 2 aliphatic heterocycles. The van der Waals surface area contributed by atoms with Gasteiger partial charge in [0.2, 0.25) is 0 Å². The summed E-state index contributed by atoms with van der Waals surface area (Å²) in [6, 6.07) is 6.76. The molecule has 3 rings (SSSR count). The molecule has 2 fully saturated rings. The molecule has 2 aliphatic rings. The maximum absolute atomic E-state index is 13.9. The van der Waals surface area contributed by atoms with Crippen molar-refractivity contribution in [2.45, 2.75) is 31.4 Å². The predicted octanol–water partition coefficient (Wildman–Crippen LogP) is 1.78. The van der Waals surface area contributed by atoms with E-state index in [1.165, 1.54) is 6.07 Å². The molecule has 0 bridgehead atoms. The zero-order chi connectivity index (χ0) is 17.6. The maximum atomic E-state index is 13.9. The Bertz CT molecular complexity index is 631. The minimum atomic E-state index is -0.442. The van der Waals surface area contributed by atoms with Crippen LogP contribution in [0.3, 0.4) is 0 Å². The second-order valence-electron chi connectivity index (χ2n) is 6.50. The van der Waals surface area contributed by atoms with E-state index < -0.39 is 5.82 Å². The number of halogens is 1. The van der Waals surface area contributed by atoms with E-state index in [-0.39, 0.29) is 29.7 Å². The van der Waals surface area contributed by atoms with Crippen molar-refractivity contribution in [3.05, 3.63) is 35.6 Å². The summed E-state index contributed by atoms with van der Waals surface area (Å²) in [5.74, 6) is 4.94. The van der Waals surface area contributed by atoms with Crippen LogP contribution in [0.2, 0.25) is 0 Å². The highest BCUT2D eigenvalue weighted by atomic mass is 19.1. The molecular weight excluding hydrogens is 323 g/mol. The van der Waals surface area contributed by atoms with Crippen molar-refractivity contribution >= 4 is 11.4 Å². The van der Waals surface area contributed by atoms with Crippen molar-refractivity contribution in [1.29, 1.82) is 5.41 Å². The number of hydrazone groups is 1. The second-order valence-corrected chi connectivity index (χ2v) is 6.50. The van der Waals surface area contributed by atoms with E-state index in [0.29, 0.717) is 6.04 Å². The van der Waals surface area contributed by atoms with Crippen LogP contribution >= 0.6 is 0 Å². The summed E-state index contributed by atoms with van der Waals surface area (Å²) in [6.07, 6.45) is 3.17. The highest BCUT2D eigenvalue weighted by molar-refractivity contribution is 6.47. The molecule has 0 radical (unpaired) electrons. The number of hydrogen-bond acceptors (Lipinski definition) is 6. The Kier molecular flexibility index (Phi) is 6.12. The molecule has 25 heavy (non-hydrogen) atoms. The summed E-state index contributed by atoms with van der Waals surface area (Å²) in [7, 11) is 0. The molecule has 0 aromatic heterocycles. The standard InChI is InChI=1S/C18H25FN4O2/c19-16-4-2-1-3-15(16)18(22-21)17(20)12-25-14-5-8-23(11-14)13-6-9-24-10-7-13/h1-4,13-14,20H,5-12,21H2. The average Bonchev–Trinajstić information content (AvgIpc) is 3.12. The van der Waals surface area contributed by atoms with Crippen LogP contribution in [0.25, 0.3) is 0 Å².